The number of rotatable bonds is 4. The molecule has 2 heterocycles. The minimum Gasteiger partial charge on any atom is -0.481 e. The van der Waals surface area contributed by atoms with Crippen LogP contribution in [0.3, 0.4) is 0 Å². The van der Waals surface area contributed by atoms with E-state index in [9.17, 15) is 9.59 Å². The summed E-state index contributed by atoms with van der Waals surface area (Å²) in [6.07, 6.45) is 0.429. The fraction of sp³-hybridized carbons (Fsp3) is 0.375. The van der Waals surface area contributed by atoms with Gasteiger partial charge in [-0.15, -0.1) is 11.3 Å². The van der Waals surface area contributed by atoms with Crippen LogP contribution in [0.25, 0.3) is 10.1 Å². The first-order valence-electron chi connectivity index (χ1n) is 7.12. The number of aliphatic carboxylic acids is 1. The maximum absolute atomic E-state index is 12.8. The van der Waals surface area contributed by atoms with Crippen LogP contribution in [0, 0.1) is 0 Å². The molecule has 1 fully saturated rings. The number of nitrogens with zero attached hydrogens (tertiary/aromatic N) is 1. The number of thiophene rings is 1. The van der Waals surface area contributed by atoms with Crippen molar-refractivity contribution in [3.8, 4) is 0 Å². The lowest BCUT2D eigenvalue weighted by Crippen LogP contribution is -2.36. The van der Waals surface area contributed by atoms with E-state index in [1.807, 2.05) is 30.3 Å². The van der Waals surface area contributed by atoms with E-state index in [2.05, 4.69) is 0 Å². The number of hydrogen-bond donors (Lipinski definition) is 1. The van der Waals surface area contributed by atoms with Gasteiger partial charge < -0.3 is 14.7 Å². The number of fused-ring (bicyclic) bond motifs is 1. The molecule has 0 aliphatic carbocycles. The van der Waals surface area contributed by atoms with Crippen molar-refractivity contribution in [1.29, 1.82) is 0 Å². The first kappa shape index (κ1) is 15.0. The molecule has 0 radical (unpaired) electrons. The Hall–Kier alpha value is -1.92. The highest BCUT2D eigenvalue weighted by molar-refractivity contribution is 7.20. The Morgan fingerprint density at radius 1 is 1.41 bits per heavy atom. The van der Waals surface area contributed by atoms with Gasteiger partial charge in [-0.05, 0) is 23.9 Å². The molecule has 1 aromatic carbocycles. The predicted molar refractivity (Wildman–Crippen MR) is 84.3 cm³/mol. The van der Waals surface area contributed by atoms with Crippen molar-refractivity contribution in [3.63, 3.8) is 0 Å². The standard InChI is InChI=1S/C16H17NO4S/c1-21-12-7-11(8-15(18)19)17(9-12)16(20)14-6-10-4-2-3-5-13(10)22-14/h2-6,11-12H,7-9H2,1H3,(H,18,19). The van der Waals surface area contributed by atoms with Gasteiger partial charge in [0.1, 0.15) is 0 Å². The summed E-state index contributed by atoms with van der Waals surface area (Å²) < 4.78 is 6.37. The maximum Gasteiger partial charge on any atom is 0.305 e. The van der Waals surface area contributed by atoms with Gasteiger partial charge in [-0.2, -0.15) is 0 Å². The van der Waals surface area contributed by atoms with Crippen LogP contribution in [-0.4, -0.2) is 47.7 Å². The van der Waals surface area contributed by atoms with Gasteiger partial charge in [0.2, 0.25) is 0 Å². The van der Waals surface area contributed by atoms with Crippen LogP contribution < -0.4 is 0 Å². The highest BCUT2D eigenvalue weighted by Gasteiger charge is 2.37. The van der Waals surface area contributed by atoms with E-state index in [-0.39, 0.29) is 24.5 Å². The minimum atomic E-state index is -0.893. The number of hydrogen-bond acceptors (Lipinski definition) is 4. The zero-order valence-corrected chi connectivity index (χ0v) is 13.0. The minimum absolute atomic E-state index is 0.0451. The lowest BCUT2D eigenvalue weighted by atomic mass is 10.1. The summed E-state index contributed by atoms with van der Waals surface area (Å²) >= 11 is 1.44. The summed E-state index contributed by atoms with van der Waals surface area (Å²) in [6.45, 7) is 0.446. The van der Waals surface area contributed by atoms with Crippen LogP contribution in [0.4, 0.5) is 0 Å². The monoisotopic (exact) mass is 319 g/mol. The van der Waals surface area contributed by atoms with Crippen LogP contribution in [0.2, 0.25) is 0 Å². The van der Waals surface area contributed by atoms with Gasteiger partial charge in [-0.25, -0.2) is 0 Å². The van der Waals surface area contributed by atoms with Crippen molar-refractivity contribution >= 4 is 33.3 Å². The topological polar surface area (TPSA) is 66.8 Å². The van der Waals surface area contributed by atoms with Gasteiger partial charge in [0.25, 0.3) is 5.91 Å². The zero-order valence-electron chi connectivity index (χ0n) is 12.2. The lowest BCUT2D eigenvalue weighted by Gasteiger charge is -2.22. The Kier molecular flexibility index (Phi) is 4.13. The van der Waals surface area contributed by atoms with E-state index in [1.165, 1.54) is 11.3 Å². The first-order chi connectivity index (χ1) is 10.6. The van der Waals surface area contributed by atoms with E-state index in [0.29, 0.717) is 17.8 Å². The third kappa shape index (κ3) is 2.84. The summed E-state index contributed by atoms with van der Waals surface area (Å²) in [5.74, 6) is -0.997. The summed E-state index contributed by atoms with van der Waals surface area (Å²) in [5.41, 5.74) is 0. The normalized spacial score (nSPS) is 21.4. The second kappa shape index (κ2) is 6.06. The van der Waals surface area contributed by atoms with E-state index >= 15 is 0 Å². The molecule has 0 bridgehead atoms. The molecule has 22 heavy (non-hydrogen) atoms. The van der Waals surface area contributed by atoms with Gasteiger partial charge in [-0.1, -0.05) is 18.2 Å². The molecule has 3 rings (SSSR count). The number of carbonyl (C=O) groups is 2. The van der Waals surface area contributed by atoms with Gasteiger partial charge >= 0.3 is 5.97 Å². The number of amides is 1. The van der Waals surface area contributed by atoms with Crippen molar-refractivity contribution < 1.29 is 19.4 Å². The summed E-state index contributed by atoms with van der Waals surface area (Å²) in [4.78, 5) is 26.1. The SMILES string of the molecule is COC1CC(CC(=O)O)N(C(=O)c2cc3ccccc3s2)C1. The van der Waals surface area contributed by atoms with Gasteiger partial charge in [0, 0.05) is 24.4 Å². The molecule has 1 aliphatic heterocycles. The predicted octanol–water partition coefficient (Wildman–Crippen LogP) is 2.61. The van der Waals surface area contributed by atoms with Crippen molar-refractivity contribution in [1.82, 2.24) is 4.90 Å². The third-order valence-electron chi connectivity index (χ3n) is 4.02. The Labute approximate surface area is 132 Å². The third-order valence-corrected chi connectivity index (χ3v) is 5.12. The average molecular weight is 319 g/mol. The van der Waals surface area contributed by atoms with E-state index in [4.69, 9.17) is 9.84 Å². The molecule has 2 unspecified atom stereocenters. The second-order valence-electron chi connectivity index (χ2n) is 5.45. The molecular weight excluding hydrogens is 302 g/mol. The molecule has 0 saturated carbocycles. The molecule has 1 amide bonds. The molecule has 1 aliphatic rings. The number of benzene rings is 1. The molecule has 6 heteroatoms. The molecule has 1 N–H and O–H groups in total. The molecule has 5 nitrogen and oxygen atoms in total. The molecule has 2 atom stereocenters. The van der Waals surface area contributed by atoms with E-state index in [0.717, 1.165) is 10.1 Å². The number of carbonyl (C=O) groups excluding carboxylic acids is 1. The highest BCUT2D eigenvalue weighted by atomic mass is 32.1. The Balaban J connectivity index is 1.86. The summed E-state index contributed by atoms with van der Waals surface area (Å²) in [6, 6.07) is 9.40. The smallest absolute Gasteiger partial charge is 0.305 e. The number of likely N-dealkylation sites (tertiary alicyclic amines) is 1. The molecule has 116 valence electrons. The Bertz CT molecular complexity index is 678. The quantitative estimate of drug-likeness (QED) is 0.940. The highest BCUT2D eigenvalue weighted by Crippen LogP contribution is 2.30. The molecule has 2 aromatic rings. The summed E-state index contributed by atoms with van der Waals surface area (Å²) in [7, 11) is 1.59. The first-order valence-corrected chi connectivity index (χ1v) is 7.94. The lowest BCUT2D eigenvalue weighted by molar-refractivity contribution is -0.137. The second-order valence-corrected chi connectivity index (χ2v) is 6.53. The van der Waals surface area contributed by atoms with Crippen molar-refractivity contribution in [2.75, 3.05) is 13.7 Å². The van der Waals surface area contributed by atoms with Crippen molar-refractivity contribution in [3.05, 3.63) is 35.2 Å². The van der Waals surface area contributed by atoms with Crippen LogP contribution in [0.1, 0.15) is 22.5 Å². The van der Waals surface area contributed by atoms with Crippen LogP contribution in [-0.2, 0) is 9.53 Å². The summed E-state index contributed by atoms with van der Waals surface area (Å²) in [5, 5.41) is 10.1. The molecule has 1 aromatic heterocycles. The number of carboxylic acid groups (broad SMARTS) is 1. The van der Waals surface area contributed by atoms with Crippen LogP contribution in [0.5, 0.6) is 0 Å². The van der Waals surface area contributed by atoms with Crippen molar-refractivity contribution in [2.24, 2.45) is 0 Å². The van der Waals surface area contributed by atoms with Gasteiger partial charge in [-0.3, -0.25) is 9.59 Å². The van der Waals surface area contributed by atoms with Gasteiger partial charge in [0.05, 0.1) is 17.4 Å². The van der Waals surface area contributed by atoms with Crippen molar-refractivity contribution in [2.45, 2.75) is 25.0 Å². The molecule has 0 spiro atoms. The van der Waals surface area contributed by atoms with Gasteiger partial charge in [0.15, 0.2) is 0 Å². The number of methoxy groups -OCH3 is 1. The molecular formula is C16H17NO4S. The molecule has 1 saturated heterocycles. The van der Waals surface area contributed by atoms with Crippen LogP contribution >= 0.6 is 11.3 Å². The average Bonchev–Trinajstić information content (AvgIpc) is 3.09. The Morgan fingerprint density at radius 3 is 2.86 bits per heavy atom. The fourth-order valence-electron chi connectivity index (χ4n) is 2.92. The number of ether oxygens (including phenoxy) is 1. The number of carboxylic acids is 1. The van der Waals surface area contributed by atoms with E-state index < -0.39 is 5.97 Å². The van der Waals surface area contributed by atoms with Crippen LogP contribution in [0.15, 0.2) is 30.3 Å². The Morgan fingerprint density at radius 2 is 2.18 bits per heavy atom. The fourth-order valence-corrected chi connectivity index (χ4v) is 3.94. The largest absolute Gasteiger partial charge is 0.481 e. The maximum atomic E-state index is 12.8. The van der Waals surface area contributed by atoms with E-state index in [1.54, 1.807) is 12.0 Å². The zero-order chi connectivity index (χ0) is 15.7.